The van der Waals surface area contributed by atoms with Gasteiger partial charge in [0.1, 0.15) is 5.75 Å². The van der Waals surface area contributed by atoms with Crippen LogP contribution in [-0.4, -0.2) is 48.0 Å². The average molecular weight is 659 g/mol. The van der Waals surface area contributed by atoms with Crippen LogP contribution in [0.5, 0.6) is 5.75 Å². The van der Waals surface area contributed by atoms with E-state index in [9.17, 15) is 10.0 Å². The molecule has 2 N–H and O–H groups in total. The fraction of sp³-hybridized carbons (Fsp3) is 0.364. The number of benzene rings is 5. The molecule has 0 unspecified atom stereocenters. The quantitative estimate of drug-likeness (QED) is 0.0772. The summed E-state index contributed by atoms with van der Waals surface area (Å²) in [4.78, 5) is 0. The predicted molar refractivity (Wildman–Crippen MR) is 210 cm³/mol. The Morgan fingerprint density at radius 2 is 0.796 bits per heavy atom. The summed E-state index contributed by atoms with van der Waals surface area (Å²) in [5.41, 5.74) is 5.92. The van der Waals surface area contributed by atoms with Crippen LogP contribution in [0, 0.1) is 0 Å². The van der Waals surface area contributed by atoms with Gasteiger partial charge in [-0.2, -0.15) is 0 Å². The first-order valence-corrected chi connectivity index (χ1v) is 18.6. The molecule has 0 radical (unpaired) electrons. The van der Waals surface area contributed by atoms with Crippen molar-refractivity contribution in [2.24, 2.45) is 0 Å². The molecule has 0 aromatic heterocycles. The summed E-state index contributed by atoms with van der Waals surface area (Å²) in [5.74, 6) is 0.445. The maximum atomic E-state index is 9.82. The van der Waals surface area contributed by atoms with Gasteiger partial charge in [0.2, 0.25) is 0 Å². The molecule has 258 valence electrons. The second-order valence-corrected chi connectivity index (χ2v) is 13.2. The zero-order valence-corrected chi connectivity index (χ0v) is 30.3. The third kappa shape index (κ3) is 10.3. The van der Waals surface area contributed by atoms with Gasteiger partial charge in [0.15, 0.2) is 0 Å². The first-order valence-electron chi connectivity index (χ1n) is 18.6. The molecule has 0 saturated carbocycles. The van der Waals surface area contributed by atoms with E-state index in [-0.39, 0.29) is 0 Å². The van der Waals surface area contributed by atoms with Crippen molar-refractivity contribution in [1.82, 2.24) is 0 Å². The minimum atomic E-state index is -1.94. The maximum Gasteiger partial charge on any atom is 0.707 e. The Morgan fingerprint density at radius 1 is 0.449 bits per heavy atom. The van der Waals surface area contributed by atoms with E-state index in [0.29, 0.717) is 5.75 Å². The largest absolute Gasteiger partial charge is 0.707 e. The number of quaternary nitrogens is 1. The van der Waals surface area contributed by atoms with Crippen molar-refractivity contribution < 1.29 is 19.2 Å². The van der Waals surface area contributed by atoms with Crippen molar-refractivity contribution in [3.05, 3.63) is 115 Å². The van der Waals surface area contributed by atoms with Crippen molar-refractivity contribution in [2.75, 3.05) is 26.2 Å². The maximum absolute atomic E-state index is 9.82. The topological polar surface area (TPSA) is 49.7 Å². The summed E-state index contributed by atoms with van der Waals surface area (Å²) >= 11 is 0. The summed E-state index contributed by atoms with van der Waals surface area (Å²) in [6.45, 7) is 15.0. The number of unbranched alkanes of at least 4 members (excludes halogenated alkanes) is 4. The lowest BCUT2D eigenvalue weighted by Crippen LogP contribution is -2.50. The van der Waals surface area contributed by atoms with Crippen molar-refractivity contribution in [3.63, 3.8) is 0 Å². The molecule has 5 heteroatoms. The summed E-state index contributed by atoms with van der Waals surface area (Å²) in [6.07, 6.45) is 11.1. The highest BCUT2D eigenvalue weighted by Gasteiger charge is 2.27. The number of fused-ring (bicyclic) bond motifs is 1. The Balaban J connectivity index is 0.000000272. The van der Waals surface area contributed by atoms with Crippen LogP contribution in [0.15, 0.2) is 115 Å². The van der Waals surface area contributed by atoms with Crippen LogP contribution in [0.3, 0.4) is 0 Å². The molecule has 0 aliphatic heterocycles. The van der Waals surface area contributed by atoms with Gasteiger partial charge in [0.25, 0.3) is 0 Å². The fourth-order valence-electron chi connectivity index (χ4n) is 6.96. The van der Waals surface area contributed by atoms with E-state index in [2.05, 4.69) is 58.0 Å². The normalized spacial score (nSPS) is 11.2. The molecule has 0 heterocycles. The van der Waals surface area contributed by atoms with Crippen LogP contribution in [0.2, 0.25) is 0 Å². The highest BCUT2D eigenvalue weighted by molar-refractivity contribution is 6.34. The Hall–Kier alpha value is -3.90. The van der Waals surface area contributed by atoms with Gasteiger partial charge in [-0.05, 0) is 53.3 Å². The number of hydrogen-bond acceptors (Lipinski definition) is 3. The highest BCUT2D eigenvalue weighted by Crippen LogP contribution is 2.50. The third-order valence-corrected chi connectivity index (χ3v) is 9.52. The molecular weight excluding hydrogens is 601 g/mol. The molecule has 0 bridgehead atoms. The van der Waals surface area contributed by atoms with Crippen LogP contribution in [0.1, 0.15) is 79.1 Å². The standard InChI is InChI=1S/C28H21BO3.C16H36N/c30-29(31)32-28-24-19-11-10-18-23(24)25(20-12-4-1-5-13-20)26(21-14-6-2-7-15-21)27(28)22-16-8-3-9-17-22;1-5-9-13-17(14-10-6-2,15-11-7-3)16-12-8-4/h1-19,30-31H;5-16H2,1-4H3/q;+1. The van der Waals surface area contributed by atoms with E-state index in [1.54, 1.807) is 0 Å². The van der Waals surface area contributed by atoms with Crippen LogP contribution < -0.4 is 4.65 Å². The van der Waals surface area contributed by atoms with Gasteiger partial charge < -0.3 is 19.2 Å². The lowest BCUT2D eigenvalue weighted by molar-refractivity contribution is -0.929. The van der Waals surface area contributed by atoms with Gasteiger partial charge in [-0.15, -0.1) is 0 Å². The van der Waals surface area contributed by atoms with Crippen LogP contribution in [0.25, 0.3) is 44.2 Å². The van der Waals surface area contributed by atoms with Crippen LogP contribution in [0.4, 0.5) is 0 Å². The van der Waals surface area contributed by atoms with E-state index in [1.165, 1.54) is 82.0 Å². The van der Waals surface area contributed by atoms with Gasteiger partial charge in [-0.1, -0.05) is 169 Å². The number of nitrogens with zero attached hydrogens (tertiary/aromatic N) is 1. The summed E-state index contributed by atoms with van der Waals surface area (Å²) in [7, 11) is -1.94. The van der Waals surface area contributed by atoms with Gasteiger partial charge in [0.05, 0.1) is 26.2 Å². The monoisotopic (exact) mass is 658 g/mol. The zero-order valence-electron chi connectivity index (χ0n) is 30.3. The molecule has 5 aromatic carbocycles. The molecule has 0 aliphatic carbocycles. The van der Waals surface area contributed by atoms with Gasteiger partial charge in [-0.25, -0.2) is 0 Å². The molecule has 0 aliphatic rings. The van der Waals surface area contributed by atoms with Crippen molar-refractivity contribution in [2.45, 2.75) is 79.1 Å². The molecule has 0 atom stereocenters. The lowest BCUT2D eigenvalue weighted by Gasteiger charge is -2.39. The van der Waals surface area contributed by atoms with Crippen molar-refractivity contribution >= 4 is 18.1 Å². The molecule has 4 nitrogen and oxygen atoms in total. The third-order valence-electron chi connectivity index (χ3n) is 9.52. The molecule has 0 fully saturated rings. The molecule has 5 aromatic rings. The minimum absolute atomic E-state index is 0.445. The average Bonchev–Trinajstić information content (AvgIpc) is 3.15. The molecule has 0 spiro atoms. The van der Waals surface area contributed by atoms with Crippen LogP contribution in [-0.2, 0) is 0 Å². The Bertz CT molecular complexity index is 1620. The van der Waals surface area contributed by atoms with Crippen LogP contribution >= 0.6 is 0 Å². The van der Waals surface area contributed by atoms with Gasteiger partial charge in [-0.3, -0.25) is 0 Å². The molecule has 5 rings (SSSR count). The SMILES string of the molecule is CCCC[N+](CCCC)(CCCC)CCCC.OB(O)Oc1c(-c2ccccc2)c(-c2ccccc2)c(-c2ccccc2)c2ccccc12. The molecular formula is C44H57BNO3+. The molecule has 0 saturated heterocycles. The first-order chi connectivity index (χ1) is 24.0. The van der Waals surface area contributed by atoms with Gasteiger partial charge in [0, 0.05) is 16.5 Å². The minimum Gasteiger partial charge on any atom is -0.511 e. The van der Waals surface area contributed by atoms with Crippen molar-refractivity contribution in [1.29, 1.82) is 0 Å². The zero-order chi connectivity index (χ0) is 34.9. The second kappa shape index (κ2) is 19.9. The first kappa shape index (κ1) is 37.9. The summed E-state index contributed by atoms with van der Waals surface area (Å²) in [6, 6.07) is 38.3. The van der Waals surface area contributed by atoms with E-state index in [1.807, 2.05) is 84.9 Å². The smallest absolute Gasteiger partial charge is 0.511 e. The Labute approximate surface area is 296 Å². The predicted octanol–water partition coefficient (Wildman–Crippen LogP) is 11.2. The Kier molecular flexibility index (Phi) is 15.4. The van der Waals surface area contributed by atoms with E-state index in [4.69, 9.17) is 4.65 Å². The Morgan fingerprint density at radius 3 is 1.18 bits per heavy atom. The van der Waals surface area contributed by atoms with Gasteiger partial charge >= 0.3 is 7.32 Å². The number of hydrogen-bond donors (Lipinski definition) is 2. The van der Waals surface area contributed by atoms with E-state index >= 15 is 0 Å². The van der Waals surface area contributed by atoms with E-state index in [0.717, 1.165) is 44.2 Å². The van der Waals surface area contributed by atoms with E-state index < -0.39 is 7.32 Å². The second-order valence-electron chi connectivity index (χ2n) is 13.2. The highest BCUT2D eigenvalue weighted by atomic mass is 16.6. The number of rotatable bonds is 17. The van der Waals surface area contributed by atoms with Crippen molar-refractivity contribution in [3.8, 4) is 39.1 Å². The summed E-state index contributed by atoms with van der Waals surface area (Å²) < 4.78 is 7.10. The molecule has 49 heavy (non-hydrogen) atoms. The lowest BCUT2D eigenvalue weighted by atomic mass is 9.83. The summed E-state index contributed by atoms with van der Waals surface area (Å²) in [5, 5.41) is 21.4. The molecule has 0 amide bonds. The fourth-order valence-corrected chi connectivity index (χ4v) is 6.96.